The Bertz CT molecular complexity index is 858. The summed E-state index contributed by atoms with van der Waals surface area (Å²) in [6, 6.07) is 6.90. The van der Waals surface area contributed by atoms with Gasteiger partial charge < -0.3 is 5.32 Å². The van der Waals surface area contributed by atoms with Crippen LogP contribution in [0.3, 0.4) is 0 Å². The molecule has 1 aliphatic heterocycles. The molecule has 1 aromatic heterocycles. The van der Waals surface area contributed by atoms with Crippen molar-refractivity contribution in [2.75, 3.05) is 18.4 Å². The summed E-state index contributed by atoms with van der Waals surface area (Å²) in [7, 11) is -3.53. The van der Waals surface area contributed by atoms with Gasteiger partial charge >= 0.3 is 0 Å². The van der Waals surface area contributed by atoms with Crippen molar-refractivity contribution >= 4 is 21.6 Å². The Labute approximate surface area is 147 Å². The topological polar surface area (TPSA) is 95.2 Å². The first kappa shape index (κ1) is 17.6. The van der Waals surface area contributed by atoms with E-state index in [1.807, 2.05) is 6.92 Å². The normalized spacial score (nSPS) is 18.9. The second-order valence-corrected chi connectivity index (χ2v) is 8.33. The fourth-order valence-corrected chi connectivity index (χ4v) is 4.68. The molecule has 0 saturated carbocycles. The molecule has 134 valence electrons. The van der Waals surface area contributed by atoms with Crippen molar-refractivity contribution in [1.29, 1.82) is 0 Å². The van der Waals surface area contributed by atoms with Crippen LogP contribution in [0.5, 0.6) is 0 Å². The van der Waals surface area contributed by atoms with Crippen LogP contribution in [0.1, 0.15) is 36.9 Å². The van der Waals surface area contributed by atoms with Crippen LogP contribution in [0.25, 0.3) is 0 Å². The number of rotatable bonds is 4. The van der Waals surface area contributed by atoms with Gasteiger partial charge in [-0.3, -0.25) is 9.89 Å². The molecule has 2 N–H and O–H groups in total. The fourth-order valence-electron chi connectivity index (χ4n) is 3.15. The Morgan fingerprint density at radius 2 is 2.04 bits per heavy atom. The largest absolute Gasteiger partial charge is 0.323 e. The van der Waals surface area contributed by atoms with E-state index in [4.69, 9.17) is 0 Å². The van der Waals surface area contributed by atoms with Crippen molar-refractivity contribution in [3.05, 3.63) is 41.7 Å². The number of amides is 1. The Kier molecular flexibility index (Phi) is 4.91. The molecule has 0 bridgehead atoms. The number of nitrogens with one attached hydrogen (secondary N) is 2. The maximum Gasteiger partial charge on any atom is 0.243 e. The Balaban J connectivity index is 1.83. The van der Waals surface area contributed by atoms with Crippen molar-refractivity contribution in [3.63, 3.8) is 0 Å². The van der Waals surface area contributed by atoms with Crippen molar-refractivity contribution < 1.29 is 13.2 Å². The predicted molar refractivity (Wildman–Crippen MR) is 94.8 cm³/mol. The second kappa shape index (κ2) is 6.97. The summed E-state index contributed by atoms with van der Waals surface area (Å²) in [4.78, 5) is 11.6. The molecule has 1 atom stereocenters. The third-order valence-corrected chi connectivity index (χ3v) is 6.31. The lowest BCUT2D eigenvalue weighted by molar-refractivity contribution is -0.114. The lowest BCUT2D eigenvalue weighted by atomic mass is 9.95. The Hall–Kier alpha value is -2.19. The molecular weight excluding hydrogens is 340 g/mol. The second-order valence-electron chi connectivity index (χ2n) is 6.39. The third-order valence-electron chi connectivity index (χ3n) is 4.43. The van der Waals surface area contributed by atoms with Gasteiger partial charge in [0.1, 0.15) is 0 Å². The SMILES string of the molecule is CC(=O)Nc1cn[nH]c1C1CCCN(S(=O)(=O)c2ccc(C)cc2)C1. The minimum atomic E-state index is -3.53. The summed E-state index contributed by atoms with van der Waals surface area (Å²) >= 11 is 0. The van der Waals surface area contributed by atoms with E-state index in [1.165, 1.54) is 11.2 Å². The van der Waals surface area contributed by atoms with Crippen molar-refractivity contribution in [3.8, 4) is 0 Å². The van der Waals surface area contributed by atoms with Crippen LogP contribution in [-0.2, 0) is 14.8 Å². The monoisotopic (exact) mass is 362 g/mol. The number of hydrogen-bond donors (Lipinski definition) is 2. The molecule has 25 heavy (non-hydrogen) atoms. The number of H-pyrrole nitrogens is 1. The number of anilines is 1. The van der Waals surface area contributed by atoms with Gasteiger partial charge in [-0.15, -0.1) is 0 Å². The van der Waals surface area contributed by atoms with E-state index in [2.05, 4.69) is 15.5 Å². The van der Waals surface area contributed by atoms with Gasteiger partial charge in [0, 0.05) is 25.9 Å². The van der Waals surface area contributed by atoms with Crippen molar-refractivity contribution in [2.45, 2.75) is 37.5 Å². The minimum Gasteiger partial charge on any atom is -0.323 e. The number of piperidine rings is 1. The van der Waals surface area contributed by atoms with Crippen LogP contribution >= 0.6 is 0 Å². The summed E-state index contributed by atoms with van der Waals surface area (Å²) in [5.74, 6) is -0.207. The summed E-state index contributed by atoms with van der Waals surface area (Å²) in [6.07, 6.45) is 3.16. The molecule has 0 aliphatic carbocycles. The highest BCUT2D eigenvalue weighted by Crippen LogP contribution is 2.32. The maximum absolute atomic E-state index is 12.9. The van der Waals surface area contributed by atoms with Gasteiger partial charge in [-0.25, -0.2) is 8.42 Å². The average molecular weight is 362 g/mol. The van der Waals surface area contributed by atoms with Gasteiger partial charge in [-0.2, -0.15) is 9.40 Å². The van der Waals surface area contributed by atoms with E-state index in [9.17, 15) is 13.2 Å². The molecule has 1 amide bonds. The lowest BCUT2D eigenvalue weighted by Crippen LogP contribution is -2.39. The van der Waals surface area contributed by atoms with Crippen LogP contribution < -0.4 is 5.32 Å². The van der Waals surface area contributed by atoms with E-state index in [0.29, 0.717) is 23.7 Å². The van der Waals surface area contributed by atoms with E-state index in [1.54, 1.807) is 30.5 Å². The zero-order valence-electron chi connectivity index (χ0n) is 14.3. The molecule has 1 aromatic carbocycles. The summed E-state index contributed by atoms with van der Waals surface area (Å²) < 4.78 is 27.3. The molecule has 2 heterocycles. The first-order valence-electron chi connectivity index (χ1n) is 8.25. The molecule has 0 radical (unpaired) electrons. The minimum absolute atomic E-state index is 0.0293. The van der Waals surface area contributed by atoms with Crippen LogP contribution in [0.2, 0.25) is 0 Å². The predicted octanol–water partition coefficient (Wildman–Crippen LogP) is 2.24. The van der Waals surface area contributed by atoms with Gasteiger partial charge in [0.25, 0.3) is 0 Å². The Morgan fingerprint density at radius 1 is 1.32 bits per heavy atom. The van der Waals surface area contributed by atoms with Gasteiger partial charge in [-0.05, 0) is 31.9 Å². The number of carbonyl (C=O) groups excluding carboxylic acids is 1. The summed E-state index contributed by atoms with van der Waals surface area (Å²) in [5, 5.41) is 9.65. The van der Waals surface area contributed by atoms with Crippen LogP contribution in [0.15, 0.2) is 35.4 Å². The molecule has 1 aliphatic rings. The van der Waals surface area contributed by atoms with E-state index in [0.717, 1.165) is 24.1 Å². The Morgan fingerprint density at radius 3 is 2.72 bits per heavy atom. The van der Waals surface area contributed by atoms with E-state index in [-0.39, 0.29) is 11.8 Å². The molecule has 7 nitrogen and oxygen atoms in total. The third kappa shape index (κ3) is 3.74. The fraction of sp³-hybridized carbons (Fsp3) is 0.412. The highest BCUT2D eigenvalue weighted by Gasteiger charge is 2.32. The van der Waals surface area contributed by atoms with E-state index < -0.39 is 10.0 Å². The number of aromatic amines is 1. The van der Waals surface area contributed by atoms with Crippen molar-refractivity contribution in [2.24, 2.45) is 0 Å². The number of sulfonamides is 1. The zero-order chi connectivity index (χ0) is 18.0. The molecule has 0 spiro atoms. The first-order chi connectivity index (χ1) is 11.9. The number of aryl methyl sites for hydroxylation is 1. The molecular formula is C17H22N4O3S. The number of nitrogens with zero attached hydrogens (tertiary/aromatic N) is 2. The van der Waals surface area contributed by atoms with Gasteiger partial charge in [0.15, 0.2) is 0 Å². The van der Waals surface area contributed by atoms with Gasteiger partial charge in [0.05, 0.1) is 22.5 Å². The maximum atomic E-state index is 12.9. The number of benzene rings is 1. The number of aromatic nitrogens is 2. The standard InChI is InChI=1S/C17H22N4O3S/c1-12-5-7-15(8-6-12)25(23,24)21-9-3-4-14(11-21)17-16(10-18-20-17)19-13(2)22/h5-8,10,14H,3-4,9,11H2,1-2H3,(H,18,20)(H,19,22). The molecule has 8 heteroatoms. The highest BCUT2D eigenvalue weighted by molar-refractivity contribution is 7.89. The molecule has 1 unspecified atom stereocenters. The number of carbonyl (C=O) groups is 1. The van der Waals surface area contributed by atoms with E-state index >= 15 is 0 Å². The molecule has 2 aromatic rings. The zero-order valence-corrected chi connectivity index (χ0v) is 15.1. The highest BCUT2D eigenvalue weighted by atomic mass is 32.2. The smallest absolute Gasteiger partial charge is 0.243 e. The van der Waals surface area contributed by atoms with Gasteiger partial charge in [-0.1, -0.05) is 17.7 Å². The van der Waals surface area contributed by atoms with Gasteiger partial charge in [0.2, 0.25) is 15.9 Å². The summed E-state index contributed by atoms with van der Waals surface area (Å²) in [6.45, 7) is 4.22. The van der Waals surface area contributed by atoms with Crippen LogP contribution in [0, 0.1) is 6.92 Å². The number of hydrogen-bond acceptors (Lipinski definition) is 4. The molecule has 1 fully saturated rings. The van der Waals surface area contributed by atoms with Crippen molar-refractivity contribution in [1.82, 2.24) is 14.5 Å². The molecule has 3 rings (SSSR count). The van der Waals surface area contributed by atoms with Crippen LogP contribution in [-0.4, -0.2) is 41.9 Å². The molecule has 1 saturated heterocycles. The lowest BCUT2D eigenvalue weighted by Gasteiger charge is -2.31. The quantitative estimate of drug-likeness (QED) is 0.872. The van der Waals surface area contributed by atoms with Crippen LogP contribution in [0.4, 0.5) is 5.69 Å². The summed E-state index contributed by atoms with van der Waals surface area (Å²) in [5.41, 5.74) is 2.42. The average Bonchev–Trinajstić information content (AvgIpc) is 3.03. The first-order valence-corrected chi connectivity index (χ1v) is 9.69.